The Morgan fingerprint density at radius 2 is 1.88 bits per heavy atom. The van der Waals surface area contributed by atoms with Crippen LogP contribution in [-0.4, -0.2) is 24.0 Å². The van der Waals surface area contributed by atoms with Crippen molar-refractivity contribution >= 4 is 11.9 Å². The van der Waals surface area contributed by atoms with Crippen LogP contribution in [0.1, 0.15) is 57.4 Å². The van der Waals surface area contributed by atoms with Gasteiger partial charge in [-0.25, -0.2) is 4.39 Å². The van der Waals surface area contributed by atoms with Gasteiger partial charge in [-0.1, -0.05) is 43.9 Å². The number of carbonyl (C=O) groups is 2. The number of rotatable bonds is 6. The molecule has 24 heavy (non-hydrogen) atoms. The first-order valence-corrected chi connectivity index (χ1v) is 8.79. The van der Waals surface area contributed by atoms with E-state index in [-0.39, 0.29) is 30.6 Å². The van der Waals surface area contributed by atoms with Crippen LogP contribution in [0.4, 0.5) is 4.39 Å². The number of hydrogen-bond donors (Lipinski definition) is 1. The summed E-state index contributed by atoms with van der Waals surface area (Å²) in [5.74, 6) is -1.06. The monoisotopic (exact) mass is 335 g/mol. The summed E-state index contributed by atoms with van der Waals surface area (Å²) in [4.78, 5) is 24.0. The van der Waals surface area contributed by atoms with Gasteiger partial charge in [-0.2, -0.15) is 0 Å². The molecule has 0 saturated heterocycles. The van der Waals surface area contributed by atoms with Crippen molar-refractivity contribution in [2.75, 3.05) is 0 Å². The third-order valence-electron chi connectivity index (χ3n) is 4.44. The quantitative estimate of drug-likeness (QED) is 0.639. The third kappa shape index (κ3) is 5.95. The molecule has 2 rings (SSSR count). The van der Waals surface area contributed by atoms with E-state index in [0.717, 1.165) is 25.7 Å². The molecule has 1 fully saturated rings. The number of amides is 1. The number of benzene rings is 1. The summed E-state index contributed by atoms with van der Waals surface area (Å²) in [6, 6.07) is 6.53. The smallest absolute Gasteiger partial charge is 0.306 e. The minimum Gasteiger partial charge on any atom is -0.453 e. The Kier molecular flexibility index (Phi) is 7.22. The molecule has 132 valence electrons. The standard InChI is InChI=1S/C19H26FNO3/c1-14(19(23)21-16-9-4-2-3-5-10-16)24-18(22)13-12-15-8-6-7-11-17(15)20/h6-8,11,14,16H,2-5,9-10,12-13H2,1H3,(H,21,23)/t14-/m0/s1. The molecule has 1 aromatic rings. The van der Waals surface area contributed by atoms with Gasteiger partial charge >= 0.3 is 5.97 Å². The maximum atomic E-state index is 13.5. The van der Waals surface area contributed by atoms with E-state index in [9.17, 15) is 14.0 Å². The van der Waals surface area contributed by atoms with Gasteiger partial charge in [0.2, 0.25) is 0 Å². The summed E-state index contributed by atoms with van der Waals surface area (Å²) in [7, 11) is 0. The molecule has 1 saturated carbocycles. The van der Waals surface area contributed by atoms with Crippen molar-refractivity contribution in [2.24, 2.45) is 0 Å². The normalized spacial score (nSPS) is 16.9. The summed E-state index contributed by atoms with van der Waals surface area (Å²) in [6.07, 6.45) is 6.16. The largest absolute Gasteiger partial charge is 0.453 e. The van der Waals surface area contributed by atoms with Gasteiger partial charge in [-0.05, 0) is 37.8 Å². The minimum absolute atomic E-state index is 0.0575. The number of aryl methyl sites for hydroxylation is 1. The second-order valence-electron chi connectivity index (χ2n) is 6.42. The highest BCUT2D eigenvalue weighted by Gasteiger charge is 2.21. The van der Waals surface area contributed by atoms with Gasteiger partial charge in [-0.15, -0.1) is 0 Å². The zero-order valence-corrected chi connectivity index (χ0v) is 14.2. The summed E-state index contributed by atoms with van der Waals surface area (Å²) in [5, 5.41) is 2.97. The van der Waals surface area contributed by atoms with E-state index in [1.165, 1.54) is 18.9 Å². The topological polar surface area (TPSA) is 55.4 Å². The Morgan fingerprint density at radius 3 is 2.54 bits per heavy atom. The van der Waals surface area contributed by atoms with Crippen molar-refractivity contribution in [1.82, 2.24) is 5.32 Å². The lowest BCUT2D eigenvalue weighted by Crippen LogP contribution is -2.41. The van der Waals surface area contributed by atoms with Crippen molar-refractivity contribution in [3.63, 3.8) is 0 Å². The van der Waals surface area contributed by atoms with Crippen LogP contribution >= 0.6 is 0 Å². The molecule has 1 aliphatic rings. The molecule has 0 spiro atoms. The summed E-state index contributed by atoms with van der Waals surface area (Å²) >= 11 is 0. The van der Waals surface area contributed by atoms with Crippen LogP contribution in [0, 0.1) is 5.82 Å². The van der Waals surface area contributed by atoms with Crippen molar-refractivity contribution < 1.29 is 18.7 Å². The van der Waals surface area contributed by atoms with E-state index in [1.54, 1.807) is 25.1 Å². The number of hydrogen-bond acceptors (Lipinski definition) is 3. The first-order valence-electron chi connectivity index (χ1n) is 8.79. The first-order chi connectivity index (χ1) is 11.6. The fraction of sp³-hybridized carbons (Fsp3) is 0.579. The van der Waals surface area contributed by atoms with E-state index >= 15 is 0 Å². The van der Waals surface area contributed by atoms with Crippen molar-refractivity contribution in [3.05, 3.63) is 35.6 Å². The van der Waals surface area contributed by atoms with Gasteiger partial charge in [0.15, 0.2) is 6.10 Å². The lowest BCUT2D eigenvalue weighted by molar-refractivity contribution is -0.155. The maximum Gasteiger partial charge on any atom is 0.306 e. The van der Waals surface area contributed by atoms with Crippen LogP contribution in [-0.2, 0) is 20.7 Å². The minimum atomic E-state index is -0.818. The van der Waals surface area contributed by atoms with Crippen LogP contribution in [0.15, 0.2) is 24.3 Å². The van der Waals surface area contributed by atoms with Crippen molar-refractivity contribution in [3.8, 4) is 0 Å². The molecule has 1 aromatic carbocycles. The van der Waals surface area contributed by atoms with E-state index in [0.29, 0.717) is 5.56 Å². The Morgan fingerprint density at radius 1 is 1.21 bits per heavy atom. The van der Waals surface area contributed by atoms with E-state index in [2.05, 4.69) is 5.32 Å². The Hall–Kier alpha value is -1.91. The average Bonchev–Trinajstić information content (AvgIpc) is 2.82. The molecule has 5 heteroatoms. The molecule has 0 bridgehead atoms. The lowest BCUT2D eigenvalue weighted by Gasteiger charge is -2.19. The molecule has 0 heterocycles. The number of esters is 1. The molecule has 1 N–H and O–H groups in total. The molecule has 4 nitrogen and oxygen atoms in total. The second-order valence-corrected chi connectivity index (χ2v) is 6.42. The molecule has 1 aliphatic carbocycles. The number of halogens is 1. The zero-order chi connectivity index (χ0) is 17.4. The number of nitrogens with one attached hydrogen (secondary N) is 1. The Labute approximate surface area is 142 Å². The van der Waals surface area contributed by atoms with Gasteiger partial charge in [0.1, 0.15) is 5.82 Å². The molecular weight excluding hydrogens is 309 g/mol. The Balaban J connectivity index is 1.74. The van der Waals surface area contributed by atoms with Crippen LogP contribution in [0.25, 0.3) is 0 Å². The van der Waals surface area contributed by atoms with Gasteiger partial charge in [0.25, 0.3) is 5.91 Å². The van der Waals surface area contributed by atoms with Gasteiger partial charge < -0.3 is 10.1 Å². The lowest BCUT2D eigenvalue weighted by atomic mass is 10.1. The molecule has 1 atom stereocenters. The highest BCUT2D eigenvalue weighted by Crippen LogP contribution is 2.17. The summed E-state index contributed by atoms with van der Waals surface area (Å²) in [6.45, 7) is 1.58. The molecule has 0 aromatic heterocycles. The fourth-order valence-electron chi connectivity index (χ4n) is 2.99. The fourth-order valence-corrected chi connectivity index (χ4v) is 2.99. The third-order valence-corrected chi connectivity index (χ3v) is 4.44. The van der Waals surface area contributed by atoms with Crippen molar-refractivity contribution in [2.45, 2.75) is 70.4 Å². The molecule has 0 aliphatic heterocycles. The van der Waals surface area contributed by atoms with Gasteiger partial charge in [0, 0.05) is 12.5 Å². The first kappa shape index (κ1) is 18.4. The van der Waals surface area contributed by atoms with Crippen molar-refractivity contribution in [1.29, 1.82) is 0 Å². The summed E-state index contributed by atoms with van der Waals surface area (Å²) < 4.78 is 18.7. The van der Waals surface area contributed by atoms with E-state index < -0.39 is 12.1 Å². The predicted molar refractivity (Wildman–Crippen MR) is 89.9 cm³/mol. The average molecular weight is 335 g/mol. The molecular formula is C19H26FNO3. The predicted octanol–water partition coefficient (Wildman–Crippen LogP) is 3.53. The van der Waals surface area contributed by atoms with Crippen LogP contribution in [0.2, 0.25) is 0 Å². The maximum absolute atomic E-state index is 13.5. The number of ether oxygens (including phenoxy) is 1. The number of carbonyl (C=O) groups excluding carboxylic acids is 2. The van der Waals surface area contributed by atoms with Gasteiger partial charge in [-0.3, -0.25) is 9.59 Å². The van der Waals surface area contributed by atoms with E-state index in [1.807, 2.05) is 0 Å². The van der Waals surface area contributed by atoms with Crippen LogP contribution in [0.3, 0.4) is 0 Å². The van der Waals surface area contributed by atoms with Crippen LogP contribution < -0.4 is 5.32 Å². The van der Waals surface area contributed by atoms with Gasteiger partial charge in [0.05, 0.1) is 0 Å². The molecule has 1 amide bonds. The highest BCUT2D eigenvalue weighted by molar-refractivity contribution is 5.83. The Bertz CT molecular complexity index is 553. The summed E-state index contributed by atoms with van der Waals surface area (Å²) in [5.41, 5.74) is 0.477. The highest BCUT2D eigenvalue weighted by atomic mass is 19.1. The molecule has 0 unspecified atom stereocenters. The second kappa shape index (κ2) is 9.40. The SMILES string of the molecule is C[C@H](OC(=O)CCc1ccccc1F)C(=O)NC1CCCCCC1. The zero-order valence-electron chi connectivity index (χ0n) is 14.2. The van der Waals surface area contributed by atoms with E-state index in [4.69, 9.17) is 4.74 Å². The molecule has 0 radical (unpaired) electrons. The van der Waals surface area contributed by atoms with Crippen LogP contribution in [0.5, 0.6) is 0 Å².